The molecule has 0 radical (unpaired) electrons. The smallest absolute Gasteiger partial charge is 0.406 e. The molecule has 1 aromatic carbocycles. The lowest BCUT2D eigenvalue weighted by atomic mass is 10.1. The van der Waals surface area contributed by atoms with Crippen LogP contribution in [0.2, 0.25) is 0 Å². The molecule has 0 spiro atoms. The van der Waals surface area contributed by atoms with Crippen molar-refractivity contribution in [2.75, 3.05) is 11.9 Å². The summed E-state index contributed by atoms with van der Waals surface area (Å²) < 4.78 is 40.3. The first-order valence-corrected chi connectivity index (χ1v) is 6.85. The molecule has 0 aromatic heterocycles. The van der Waals surface area contributed by atoms with E-state index in [1.807, 2.05) is 0 Å². The van der Waals surface area contributed by atoms with E-state index in [1.54, 1.807) is 6.07 Å². The van der Waals surface area contributed by atoms with Crippen molar-refractivity contribution in [2.45, 2.75) is 32.0 Å². The third kappa shape index (κ3) is 6.71. The molecule has 3 N–H and O–H groups in total. The molecule has 1 aliphatic carbocycles. The van der Waals surface area contributed by atoms with Crippen LogP contribution in [0.4, 0.5) is 18.9 Å². The van der Waals surface area contributed by atoms with Crippen LogP contribution in [0.5, 0.6) is 5.75 Å². The van der Waals surface area contributed by atoms with E-state index in [9.17, 15) is 13.2 Å². The fourth-order valence-electron chi connectivity index (χ4n) is 2.38. The number of hydrogen-bond acceptors (Lipinski definition) is 2. The van der Waals surface area contributed by atoms with Gasteiger partial charge < -0.3 is 15.8 Å². The Morgan fingerprint density at radius 2 is 2.00 bits per heavy atom. The predicted octanol–water partition coefficient (Wildman–Crippen LogP) is 4.12. The first kappa shape index (κ1) is 18.9. The highest BCUT2D eigenvalue weighted by Crippen LogP contribution is 2.26. The van der Waals surface area contributed by atoms with Crippen molar-refractivity contribution in [2.24, 2.45) is 16.6 Å². The molecule has 4 nitrogen and oxygen atoms in total. The molecule has 0 aliphatic heterocycles. The third-order valence-corrected chi connectivity index (χ3v) is 3.33. The molecular formula is C14H19F3IN3O. The normalized spacial score (nSPS) is 16.2. The third-order valence-electron chi connectivity index (χ3n) is 3.33. The fourth-order valence-corrected chi connectivity index (χ4v) is 2.38. The molecule has 1 saturated carbocycles. The Balaban J connectivity index is 0.00000242. The van der Waals surface area contributed by atoms with Crippen LogP contribution in [-0.2, 0) is 0 Å². The van der Waals surface area contributed by atoms with E-state index in [2.05, 4.69) is 15.0 Å². The van der Waals surface area contributed by atoms with E-state index in [0.717, 1.165) is 12.8 Å². The van der Waals surface area contributed by atoms with Crippen LogP contribution in [-0.4, -0.2) is 18.9 Å². The van der Waals surface area contributed by atoms with Gasteiger partial charge in [0.25, 0.3) is 0 Å². The summed E-state index contributed by atoms with van der Waals surface area (Å²) in [5.74, 6) is 0.465. The lowest BCUT2D eigenvalue weighted by Gasteiger charge is -2.11. The van der Waals surface area contributed by atoms with E-state index in [0.29, 0.717) is 18.2 Å². The first-order chi connectivity index (χ1) is 9.92. The van der Waals surface area contributed by atoms with Crippen LogP contribution in [0, 0.1) is 5.92 Å². The second kappa shape index (κ2) is 8.44. The first-order valence-electron chi connectivity index (χ1n) is 6.85. The van der Waals surface area contributed by atoms with Gasteiger partial charge in [-0.25, -0.2) is 0 Å². The number of halogens is 4. The lowest BCUT2D eigenvalue weighted by molar-refractivity contribution is -0.274. The van der Waals surface area contributed by atoms with Gasteiger partial charge in [0, 0.05) is 18.3 Å². The number of ether oxygens (including phenoxy) is 1. The van der Waals surface area contributed by atoms with Crippen molar-refractivity contribution in [1.29, 1.82) is 0 Å². The molecule has 0 amide bonds. The number of rotatable bonds is 4. The maximum Gasteiger partial charge on any atom is 0.573 e. The van der Waals surface area contributed by atoms with Gasteiger partial charge in [-0.15, -0.1) is 37.1 Å². The van der Waals surface area contributed by atoms with Crippen molar-refractivity contribution in [1.82, 2.24) is 0 Å². The Morgan fingerprint density at radius 3 is 2.64 bits per heavy atom. The molecule has 1 aliphatic rings. The summed E-state index contributed by atoms with van der Waals surface area (Å²) in [4.78, 5) is 4.23. The van der Waals surface area contributed by atoms with Gasteiger partial charge in [0.1, 0.15) is 5.75 Å². The summed E-state index contributed by atoms with van der Waals surface area (Å²) in [5.41, 5.74) is 6.14. The number of aliphatic imine (C=N–C) groups is 1. The highest BCUT2D eigenvalue weighted by atomic mass is 127. The van der Waals surface area contributed by atoms with Crippen LogP contribution < -0.4 is 15.8 Å². The Labute approximate surface area is 144 Å². The van der Waals surface area contributed by atoms with Crippen LogP contribution in [0.1, 0.15) is 25.7 Å². The Bertz CT molecular complexity index is 502. The minimum absolute atomic E-state index is 0. The van der Waals surface area contributed by atoms with Crippen LogP contribution in [0.15, 0.2) is 29.3 Å². The zero-order valence-corrected chi connectivity index (χ0v) is 14.2. The van der Waals surface area contributed by atoms with Gasteiger partial charge in [-0.3, -0.25) is 4.99 Å². The number of guanidine groups is 1. The second-order valence-corrected chi connectivity index (χ2v) is 5.08. The van der Waals surface area contributed by atoms with Gasteiger partial charge in [0.15, 0.2) is 5.96 Å². The Morgan fingerprint density at radius 1 is 1.32 bits per heavy atom. The molecule has 8 heteroatoms. The van der Waals surface area contributed by atoms with Crippen LogP contribution >= 0.6 is 24.0 Å². The van der Waals surface area contributed by atoms with Gasteiger partial charge in [-0.05, 0) is 30.9 Å². The summed E-state index contributed by atoms with van der Waals surface area (Å²) in [6.45, 7) is 0.650. The molecule has 1 fully saturated rings. The van der Waals surface area contributed by atoms with Gasteiger partial charge in [0.05, 0.1) is 0 Å². The van der Waals surface area contributed by atoms with E-state index >= 15 is 0 Å². The standard InChI is InChI=1S/C14H18F3N3O.HI/c15-14(16,17)21-12-7-3-6-11(8-12)20-13(18)19-9-10-4-1-2-5-10;/h3,6-8,10H,1-2,4-5,9H2,(H3,18,19,20);1H. The van der Waals surface area contributed by atoms with Gasteiger partial charge in [-0.2, -0.15) is 0 Å². The van der Waals surface area contributed by atoms with E-state index in [-0.39, 0.29) is 35.7 Å². The lowest BCUT2D eigenvalue weighted by Crippen LogP contribution is -2.23. The predicted molar refractivity (Wildman–Crippen MR) is 90.6 cm³/mol. The molecule has 1 aromatic rings. The van der Waals surface area contributed by atoms with Gasteiger partial charge in [-0.1, -0.05) is 18.9 Å². The molecule has 2 rings (SSSR count). The molecule has 0 saturated heterocycles. The largest absolute Gasteiger partial charge is 0.573 e. The molecule has 0 unspecified atom stereocenters. The van der Waals surface area contributed by atoms with E-state index in [4.69, 9.17) is 5.73 Å². The SMILES string of the molecule is I.NC(=NCC1CCCC1)Nc1cccc(OC(F)(F)F)c1. The van der Waals surface area contributed by atoms with Crippen molar-refractivity contribution in [3.63, 3.8) is 0 Å². The molecule has 0 bridgehead atoms. The molecule has 124 valence electrons. The van der Waals surface area contributed by atoms with Crippen molar-refractivity contribution >= 4 is 35.6 Å². The number of hydrogen-bond donors (Lipinski definition) is 2. The number of nitrogens with two attached hydrogens (primary N) is 1. The summed E-state index contributed by atoms with van der Waals surface area (Å²) in [6, 6.07) is 5.50. The number of benzene rings is 1. The number of nitrogens with zero attached hydrogens (tertiary/aromatic N) is 1. The molecular weight excluding hydrogens is 410 g/mol. The van der Waals surface area contributed by atoms with Crippen LogP contribution in [0.25, 0.3) is 0 Å². The average molecular weight is 429 g/mol. The highest BCUT2D eigenvalue weighted by Gasteiger charge is 2.31. The zero-order chi connectivity index (χ0) is 15.3. The van der Waals surface area contributed by atoms with Crippen LogP contribution in [0.3, 0.4) is 0 Å². The number of alkyl halides is 3. The van der Waals surface area contributed by atoms with Crippen molar-refractivity contribution < 1.29 is 17.9 Å². The summed E-state index contributed by atoms with van der Waals surface area (Å²) >= 11 is 0. The fraction of sp³-hybridized carbons (Fsp3) is 0.500. The van der Waals surface area contributed by atoms with E-state index in [1.165, 1.54) is 31.0 Å². The highest BCUT2D eigenvalue weighted by molar-refractivity contribution is 14.0. The number of anilines is 1. The monoisotopic (exact) mass is 429 g/mol. The Kier molecular flexibility index (Phi) is 7.24. The maximum absolute atomic E-state index is 12.1. The number of nitrogens with one attached hydrogen (secondary N) is 1. The summed E-state index contributed by atoms with van der Waals surface area (Å²) in [7, 11) is 0. The van der Waals surface area contributed by atoms with Crippen molar-refractivity contribution in [3.05, 3.63) is 24.3 Å². The average Bonchev–Trinajstić information content (AvgIpc) is 2.87. The van der Waals surface area contributed by atoms with E-state index < -0.39 is 6.36 Å². The van der Waals surface area contributed by atoms with Gasteiger partial charge in [0.2, 0.25) is 0 Å². The zero-order valence-electron chi connectivity index (χ0n) is 11.9. The second-order valence-electron chi connectivity index (χ2n) is 5.08. The summed E-state index contributed by atoms with van der Waals surface area (Å²) in [6.07, 6.45) is 0.0623. The van der Waals surface area contributed by atoms with Gasteiger partial charge >= 0.3 is 6.36 Å². The maximum atomic E-state index is 12.1. The molecule has 0 heterocycles. The minimum Gasteiger partial charge on any atom is -0.406 e. The Hall–Kier alpha value is -1.19. The summed E-state index contributed by atoms with van der Waals surface area (Å²) in [5, 5.41) is 2.77. The van der Waals surface area contributed by atoms with Crippen molar-refractivity contribution in [3.8, 4) is 5.75 Å². The molecule has 0 atom stereocenters. The quantitative estimate of drug-likeness (QED) is 0.430. The minimum atomic E-state index is -4.71. The molecule has 22 heavy (non-hydrogen) atoms. The topological polar surface area (TPSA) is 59.6 Å².